The van der Waals surface area contributed by atoms with Gasteiger partial charge in [0.1, 0.15) is 0 Å². The van der Waals surface area contributed by atoms with Crippen LogP contribution in [0, 0.1) is 0 Å². The van der Waals surface area contributed by atoms with Crippen molar-refractivity contribution in [2.75, 3.05) is 0 Å². The van der Waals surface area contributed by atoms with Crippen LogP contribution in [-0.2, 0) is 11.6 Å². The van der Waals surface area contributed by atoms with Gasteiger partial charge in [0.05, 0.1) is 5.56 Å². The lowest BCUT2D eigenvalue weighted by Crippen LogP contribution is -2.10. The molecule has 0 atom stereocenters. The highest BCUT2D eigenvalue weighted by Crippen LogP contribution is 2.52. The average molecular weight is 547 g/mol. The molecule has 0 amide bonds. The minimum Gasteiger partial charge on any atom is -0.166 e. The third-order valence-electron chi connectivity index (χ3n) is 6.59. The Morgan fingerprint density at radius 3 is 1.39 bits per heavy atom. The van der Waals surface area contributed by atoms with Crippen LogP contribution < -0.4 is 0 Å². The normalized spacial score (nSPS) is 12.1. The van der Waals surface area contributed by atoms with E-state index in [1.807, 2.05) is 54.6 Å². The lowest BCUT2D eigenvalue weighted by atomic mass is 9.86. The van der Waals surface area contributed by atoms with Crippen molar-refractivity contribution in [3.63, 3.8) is 0 Å². The molecule has 38 heavy (non-hydrogen) atoms. The summed E-state index contributed by atoms with van der Waals surface area (Å²) in [5.41, 5.74) is 6.43. The number of halogens is 4. The van der Waals surface area contributed by atoms with Crippen LogP contribution in [0.5, 0.6) is 0 Å². The van der Waals surface area contributed by atoms with Gasteiger partial charge < -0.3 is 0 Å². The van der Waals surface area contributed by atoms with E-state index in [1.165, 1.54) is 5.56 Å². The summed E-state index contributed by atoms with van der Waals surface area (Å²) in [5, 5.41) is 0.643. The van der Waals surface area contributed by atoms with E-state index >= 15 is 0 Å². The molecule has 0 N–H and O–H groups in total. The van der Waals surface area contributed by atoms with E-state index in [4.69, 9.17) is 11.6 Å². The second-order valence-corrected chi connectivity index (χ2v) is 11.7. The summed E-state index contributed by atoms with van der Waals surface area (Å²) in [6.07, 6.45) is -4.38. The van der Waals surface area contributed by atoms with Crippen LogP contribution in [0.3, 0.4) is 0 Å². The molecule has 0 spiro atoms. The lowest BCUT2D eigenvalue weighted by Gasteiger charge is -2.19. The van der Waals surface area contributed by atoms with Gasteiger partial charge in [0.2, 0.25) is 0 Å². The lowest BCUT2D eigenvalue weighted by molar-refractivity contribution is -0.137. The van der Waals surface area contributed by atoms with Crippen molar-refractivity contribution in [2.45, 2.75) is 32.4 Å². The molecular formula is C33H26ClF3S. The number of hydrogen-bond acceptors (Lipinski definition) is 1. The Hall–Kier alpha value is -3.34. The summed E-state index contributed by atoms with van der Waals surface area (Å²) in [7, 11) is 0. The van der Waals surface area contributed by atoms with Crippen LogP contribution in [-0.4, -0.2) is 0 Å². The van der Waals surface area contributed by atoms with Gasteiger partial charge in [0.15, 0.2) is 0 Å². The van der Waals surface area contributed by atoms with Gasteiger partial charge in [0.25, 0.3) is 0 Å². The Bertz CT molecular complexity index is 1540. The van der Waals surface area contributed by atoms with Crippen LogP contribution in [0.25, 0.3) is 43.1 Å². The molecule has 5 aromatic rings. The van der Waals surface area contributed by atoms with Gasteiger partial charge in [-0.05, 0) is 57.5 Å². The maximum atomic E-state index is 13.3. The fourth-order valence-corrected chi connectivity index (χ4v) is 6.02. The molecule has 0 radical (unpaired) electrons. The van der Waals surface area contributed by atoms with Crippen molar-refractivity contribution in [1.82, 2.24) is 0 Å². The van der Waals surface area contributed by atoms with Gasteiger partial charge in [-0.15, -0.1) is 11.3 Å². The topological polar surface area (TPSA) is 0 Å². The second-order valence-electron chi connectivity index (χ2n) is 10.3. The van der Waals surface area contributed by atoms with Gasteiger partial charge in [0, 0.05) is 25.9 Å². The maximum absolute atomic E-state index is 13.3. The Morgan fingerprint density at radius 1 is 0.526 bits per heavy atom. The van der Waals surface area contributed by atoms with Gasteiger partial charge in [-0.3, -0.25) is 0 Å². The van der Waals surface area contributed by atoms with Crippen LogP contribution >= 0.6 is 22.9 Å². The number of alkyl halides is 3. The van der Waals surface area contributed by atoms with Crippen LogP contribution in [0.15, 0.2) is 103 Å². The highest BCUT2D eigenvalue weighted by Gasteiger charge is 2.30. The predicted octanol–water partition coefficient (Wildman–Crippen LogP) is 11.4. The van der Waals surface area contributed by atoms with E-state index in [-0.39, 0.29) is 5.41 Å². The van der Waals surface area contributed by atoms with Crippen molar-refractivity contribution in [3.05, 3.63) is 119 Å². The van der Waals surface area contributed by atoms with E-state index in [1.54, 1.807) is 23.5 Å². The quantitative estimate of drug-likeness (QED) is 0.210. The molecule has 1 heterocycles. The monoisotopic (exact) mass is 546 g/mol. The summed E-state index contributed by atoms with van der Waals surface area (Å²) in [6.45, 7) is 6.55. The molecule has 0 aliphatic heterocycles. The first-order chi connectivity index (χ1) is 18.0. The fourth-order valence-electron chi connectivity index (χ4n) is 4.54. The fraction of sp³-hybridized carbons (Fsp3) is 0.152. The SMILES string of the molecule is CC(C)(C)c1ccc(-c2sc(-c3ccc(C(F)(F)F)cc3)c(-c3ccccc3)c2-c2ccc(Cl)cc2)cc1. The van der Waals surface area contributed by atoms with Gasteiger partial charge in [-0.2, -0.15) is 13.2 Å². The van der Waals surface area contributed by atoms with Crippen molar-refractivity contribution in [1.29, 1.82) is 0 Å². The highest BCUT2D eigenvalue weighted by atomic mass is 35.5. The molecule has 0 nitrogen and oxygen atoms in total. The highest BCUT2D eigenvalue weighted by molar-refractivity contribution is 7.20. The van der Waals surface area contributed by atoms with E-state index in [2.05, 4.69) is 45.0 Å². The number of hydrogen-bond donors (Lipinski definition) is 0. The van der Waals surface area contributed by atoms with E-state index in [0.717, 1.165) is 55.3 Å². The first kappa shape index (κ1) is 26.3. The minimum absolute atomic E-state index is 0.0214. The summed E-state index contributed by atoms with van der Waals surface area (Å²) >= 11 is 7.83. The third kappa shape index (κ3) is 5.29. The first-order valence-electron chi connectivity index (χ1n) is 12.3. The molecular weight excluding hydrogens is 521 g/mol. The molecule has 0 fully saturated rings. The number of rotatable bonds is 4. The maximum Gasteiger partial charge on any atom is 0.416 e. The van der Waals surface area contributed by atoms with Gasteiger partial charge >= 0.3 is 6.18 Å². The summed E-state index contributed by atoms with van der Waals surface area (Å²) in [5.74, 6) is 0. The zero-order valence-corrected chi connectivity index (χ0v) is 22.8. The minimum atomic E-state index is -4.38. The Morgan fingerprint density at radius 2 is 0.947 bits per heavy atom. The zero-order chi connectivity index (χ0) is 27.1. The summed E-state index contributed by atoms with van der Waals surface area (Å²) in [6, 6.07) is 31.8. The largest absolute Gasteiger partial charge is 0.416 e. The molecule has 0 saturated carbocycles. The van der Waals surface area contributed by atoms with Crippen LogP contribution in [0.2, 0.25) is 5.02 Å². The molecule has 0 aliphatic rings. The van der Waals surface area contributed by atoms with E-state index in [0.29, 0.717) is 5.02 Å². The van der Waals surface area contributed by atoms with Gasteiger partial charge in [-0.1, -0.05) is 111 Å². The number of benzene rings is 4. The summed E-state index contributed by atoms with van der Waals surface area (Å²) < 4.78 is 40.0. The standard InChI is InChI=1S/C33H26ClF3S/c1-32(2,3)25-15-9-23(10-16-25)31-29(22-13-19-27(34)20-14-22)28(21-7-5-4-6-8-21)30(38-31)24-11-17-26(18-12-24)33(35,36)37/h4-20H,1-3H3. The van der Waals surface area contributed by atoms with E-state index in [9.17, 15) is 13.2 Å². The van der Waals surface area contributed by atoms with Gasteiger partial charge in [-0.25, -0.2) is 0 Å². The molecule has 4 aromatic carbocycles. The summed E-state index contributed by atoms with van der Waals surface area (Å²) in [4.78, 5) is 1.98. The van der Waals surface area contributed by atoms with E-state index < -0.39 is 11.7 Å². The smallest absolute Gasteiger partial charge is 0.166 e. The van der Waals surface area contributed by atoms with Crippen LogP contribution in [0.1, 0.15) is 31.9 Å². The molecule has 192 valence electrons. The molecule has 0 unspecified atom stereocenters. The van der Waals surface area contributed by atoms with Crippen molar-refractivity contribution in [3.8, 4) is 43.1 Å². The van der Waals surface area contributed by atoms with Crippen molar-refractivity contribution in [2.24, 2.45) is 0 Å². The molecule has 5 rings (SSSR count). The number of thiophene rings is 1. The molecule has 0 saturated heterocycles. The molecule has 0 bridgehead atoms. The second kappa shape index (κ2) is 10.1. The Balaban J connectivity index is 1.80. The first-order valence-corrected chi connectivity index (χ1v) is 13.5. The molecule has 0 aliphatic carbocycles. The van der Waals surface area contributed by atoms with Crippen molar-refractivity contribution >= 4 is 22.9 Å². The van der Waals surface area contributed by atoms with Crippen LogP contribution in [0.4, 0.5) is 13.2 Å². The Kier molecular flexibility index (Phi) is 6.97. The third-order valence-corrected chi connectivity index (χ3v) is 8.13. The zero-order valence-electron chi connectivity index (χ0n) is 21.2. The van der Waals surface area contributed by atoms with Crippen molar-refractivity contribution < 1.29 is 13.2 Å². The average Bonchev–Trinajstić information content (AvgIpc) is 3.29. The predicted molar refractivity (Wildman–Crippen MR) is 155 cm³/mol. The molecule has 5 heteroatoms. The molecule has 1 aromatic heterocycles. The Labute approximate surface area is 230 Å².